The number of hydrogen-bond donors (Lipinski definition) is 1. The molecule has 0 radical (unpaired) electrons. The standard InChI is InChI=1S/C33H42N2O2S2/c1-24-12-14-26(15-13-24)23-35-29-10-5-6-11-30(29)39-31(33(35)37)22-25-16-18-27(19-17-25)32(36)34-20-7-21-38-28-8-3-2-4-9-28/h12-19,22,28-30H,2-11,20-21,23H2,1H3,(H,34,36)/b31-22+. The van der Waals surface area contributed by atoms with Crippen molar-refractivity contribution in [3.63, 3.8) is 0 Å². The maximum atomic E-state index is 13.7. The largest absolute Gasteiger partial charge is 0.352 e. The molecule has 6 heteroatoms. The normalized spacial score (nSPS) is 23.1. The van der Waals surface area contributed by atoms with E-state index in [-0.39, 0.29) is 11.8 Å². The summed E-state index contributed by atoms with van der Waals surface area (Å²) in [5.41, 5.74) is 4.07. The van der Waals surface area contributed by atoms with Crippen LogP contribution in [-0.4, -0.2) is 45.6 Å². The van der Waals surface area contributed by atoms with E-state index in [0.29, 0.717) is 23.4 Å². The van der Waals surface area contributed by atoms with Crippen LogP contribution in [0.4, 0.5) is 0 Å². The first-order valence-corrected chi connectivity index (χ1v) is 16.7. The van der Waals surface area contributed by atoms with Crippen LogP contribution in [-0.2, 0) is 11.3 Å². The molecule has 2 aromatic rings. The van der Waals surface area contributed by atoms with Crippen molar-refractivity contribution in [1.29, 1.82) is 0 Å². The maximum absolute atomic E-state index is 13.7. The molecule has 4 nitrogen and oxygen atoms in total. The highest BCUT2D eigenvalue weighted by molar-refractivity contribution is 8.04. The topological polar surface area (TPSA) is 49.4 Å². The quantitative estimate of drug-likeness (QED) is 0.252. The van der Waals surface area contributed by atoms with E-state index in [9.17, 15) is 9.59 Å². The highest BCUT2D eigenvalue weighted by Gasteiger charge is 2.40. The zero-order valence-corrected chi connectivity index (χ0v) is 24.8. The molecule has 5 rings (SSSR count). The second kappa shape index (κ2) is 13.9. The number of nitrogens with one attached hydrogen (secondary N) is 1. The van der Waals surface area contributed by atoms with Gasteiger partial charge in [0.1, 0.15) is 0 Å². The number of carbonyl (C=O) groups excluding carboxylic acids is 2. The minimum atomic E-state index is -0.0192. The van der Waals surface area contributed by atoms with E-state index in [1.165, 1.54) is 56.1 Å². The Kier molecular flexibility index (Phi) is 10.1. The van der Waals surface area contributed by atoms with Gasteiger partial charge in [0.05, 0.1) is 4.91 Å². The Morgan fingerprint density at radius 1 is 0.974 bits per heavy atom. The van der Waals surface area contributed by atoms with Gasteiger partial charge in [-0.15, -0.1) is 11.8 Å². The van der Waals surface area contributed by atoms with Gasteiger partial charge < -0.3 is 10.2 Å². The van der Waals surface area contributed by atoms with E-state index >= 15 is 0 Å². The number of rotatable bonds is 9. The summed E-state index contributed by atoms with van der Waals surface area (Å²) < 4.78 is 0. The Balaban J connectivity index is 1.17. The first-order valence-electron chi connectivity index (χ1n) is 14.8. The zero-order valence-electron chi connectivity index (χ0n) is 23.2. The second-order valence-electron chi connectivity index (χ2n) is 11.3. The molecule has 2 atom stereocenters. The van der Waals surface area contributed by atoms with Gasteiger partial charge in [0.25, 0.3) is 11.8 Å². The number of amides is 2. The van der Waals surface area contributed by atoms with Crippen molar-refractivity contribution in [2.75, 3.05) is 12.3 Å². The third kappa shape index (κ3) is 7.73. The lowest BCUT2D eigenvalue weighted by Gasteiger charge is -2.44. The molecular formula is C33H42N2O2S2. The highest BCUT2D eigenvalue weighted by atomic mass is 32.2. The van der Waals surface area contributed by atoms with Gasteiger partial charge >= 0.3 is 0 Å². The minimum Gasteiger partial charge on any atom is -0.352 e. The fourth-order valence-electron chi connectivity index (χ4n) is 5.99. The number of nitrogens with zero attached hydrogens (tertiary/aromatic N) is 1. The van der Waals surface area contributed by atoms with Crippen LogP contribution in [0.2, 0.25) is 0 Å². The van der Waals surface area contributed by atoms with Gasteiger partial charge in [-0.25, -0.2) is 0 Å². The Hall–Kier alpha value is -2.18. The molecule has 0 aromatic heterocycles. The van der Waals surface area contributed by atoms with Crippen molar-refractivity contribution in [3.05, 3.63) is 75.7 Å². The Labute approximate surface area is 242 Å². The fourth-order valence-corrected chi connectivity index (χ4v) is 8.78. The molecule has 1 N–H and O–H groups in total. The summed E-state index contributed by atoms with van der Waals surface area (Å²) in [4.78, 5) is 29.3. The summed E-state index contributed by atoms with van der Waals surface area (Å²) in [5, 5.41) is 4.35. The van der Waals surface area contributed by atoms with E-state index < -0.39 is 0 Å². The molecule has 3 aliphatic rings. The first-order chi connectivity index (χ1) is 19.1. The molecule has 0 bridgehead atoms. The molecule has 0 spiro atoms. The summed E-state index contributed by atoms with van der Waals surface area (Å²) >= 11 is 3.84. The summed E-state index contributed by atoms with van der Waals surface area (Å²) in [6, 6.07) is 16.5. The number of carbonyl (C=O) groups is 2. The van der Waals surface area contributed by atoms with Gasteiger partial charge in [-0.2, -0.15) is 11.8 Å². The van der Waals surface area contributed by atoms with Crippen LogP contribution >= 0.6 is 23.5 Å². The maximum Gasteiger partial charge on any atom is 0.260 e. The minimum absolute atomic E-state index is 0.0192. The zero-order chi connectivity index (χ0) is 27.0. The molecule has 2 unspecified atom stereocenters. The number of fused-ring (bicyclic) bond motifs is 1. The molecule has 2 aliphatic carbocycles. The average Bonchev–Trinajstić information content (AvgIpc) is 2.97. The SMILES string of the molecule is Cc1ccc(CN2C(=O)/C(=C\c3ccc(C(=O)NCCCSC4CCCCC4)cc3)SC3CCCCC32)cc1. The van der Waals surface area contributed by atoms with E-state index in [0.717, 1.165) is 47.3 Å². The number of hydrogen-bond acceptors (Lipinski definition) is 4. The summed E-state index contributed by atoms with van der Waals surface area (Å²) in [5.74, 6) is 1.23. The first kappa shape index (κ1) is 28.4. The van der Waals surface area contributed by atoms with Crippen molar-refractivity contribution in [3.8, 4) is 0 Å². The molecule has 2 amide bonds. The second-order valence-corrected chi connectivity index (χ2v) is 14.0. The summed E-state index contributed by atoms with van der Waals surface area (Å²) in [6.07, 6.45) is 14.6. The van der Waals surface area contributed by atoms with E-state index in [2.05, 4.69) is 53.2 Å². The lowest BCUT2D eigenvalue weighted by atomic mass is 9.92. The molecular weight excluding hydrogens is 521 g/mol. The Bertz CT molecular complexity index is 1140. The number of benzene rings is 2. The third-order valence-electron chi connectivity index (χ3n) is 8.27. The van der Waals surface area contributed by atoms with Crippen LogP contribution in [0.25, 0.3) is 6.08 Å². The van der Waals surface area contributed by atoms with Crippen LogP contribution in [0, 0.1) is 6.92 Å². The Morgan fingerprint density at radius 2 is 1.69 bits per heavy atom. The van der Waals surface area contributed by atoms with E-state index in [4.69, 9.17) is 0 Å². The monoisotopic (exact) mass is 562 g/mol. The highest BCUT2D eigenvalue weighted by Crippen LogP contribution is 2.42. The predicted molar refractivity (Wildman–Crippen MR) is 166 cm³/mol. The van der Waals surface area contributed by atoms with Crippen LogP contribution < -0.4 is 5.32 Å². The smallest absolute Gasteiger partial charge is 0.260 e. The van der Waals surface area contributed by atoms with Crippen molar-refractivity contribution in [2.45, 2.75) is 94.2 Å². The van der Waals surface area contributed by atoms with Gasteiger partial charge in [-0.05, 0) is 74.1 Å². The van der Waals surface area contributed by atoms with Crippen molar-refractivity contribution >= 4 is 41.4 Å². The van der Waals surface area contributed by atoms with Crippen molar-refractivity contribution in [2.24, 2.45) is 0 Å². The van der Waals surface area contributed by atoms with Crippen LogP contribution in [0.5, 0.6) is 0 Å². The number of thioether (sulfide) groups is 2. The lowest BCUT2D eigenvalue weighted by Crippen LogP contribution is -2.50. The molecule has 39 heavy (non-hydrogen) atoms. The molecule has 1 heterocycles. The molecule has 3 fully saturated rings. The van der Waals surface area contributed by atoms with Gasteiger partial charge in [0.2, 0.25) is 0 Å². The van der Waals surface area contributed by atoms with Crippen LogP contribution in [0.15, 0.2) is 53.4 Å². The van der Waals surface area contributed by atoms with E-state index in [1.807, 2.05) is 30.3 Å². The lowest BCUT2D eigenvalue weighted by molar-refractivity contribution is -0.130. The van der Waals surface area contributed by atoms with Crippen molar-refractivity contribution < 1.29 is 9.59 Å². The van der Waals surface area contributed by atoms with E-state index in [1.54, 1.807) is 11.8 Å². The fraction of sp³-hybridized carbons (Fsp3) is 0.515. The summed E-state index contributed by atoms with van der Waals surface area (Å²) in [7, 11) is 0. The van der Waals surface area contributed by atoms with Gasteiger partial charge in [0.15, 0.2) is 0 Å². The third-order valence-corrected chi connectivity index (χ3v) is 11.1. The van der Waals surface area contributed by atoms with Gasteiger partial charge in [-0.1, -0.05) is 74.1 Å². The van der Waals surface area contributed by atoms with Crippen LogP contribution in [0.1, 0.15) is 91.3 Å². The van der Waals surface area contributed by atoms with Gasteiger partial charge in [-0.3, -0.25) is 9.59 Å². The average molecular weight is 563 g/mol. The molecule has 208 valence electrons. The molecule has 2 aromatic carbocycles. The molecule has 2 saturated carbocycles. The van der Waals surface area contributed by atoms with Crippen LogP contribution in [0.3, 0.4) is 0 Å². The molecule has 1 saturated heterocycles. The Morgan fingerprint density at radius 3 is 2.46 bits per heavy atom. The number of aryl methyl sites for hydroxylation is 1. The van der Waals surface area contributed by atoms with Crippen molar-refractivity contribution in [1.82, 2.24) is 10.2 Å². The predicted octanol–water partition coefficient (Wildman–Crippen LogP) is 7.61. The molecule has 1 aliphatic heterocycles. The summed E-state index contributed by atoms with van der Waals surface area (Å²) in [6.45, 7) is 3.47. The van der Waals surface area contributed by atoms with Gasteiger partial charge in [0, 0.05) is 35.2 Å².